The minimum atomic E-state index is -0.570. The zero-order valence-corrected chi connectivity index (χ0v) is 15.8. The maximum atomic E-state index is 11.6. The maximum absolute atomic E-state index is 11.6. The Bertz CT molecular complexity index is 789. The second-order valence-electron chi connectivity index (χ2n) is 7.28. The molecule has 0 spiro atoms. The molecule has 2 rings (SSSR count). The highest BCUT2D eigenvalue weighted by Gasteiger charge is 2.15. The van der Waals surface area contributed by atoms with Crippen molar-refractivity contribution in [2.75, 3.05) is 17.2 Å². The van der Waals surface area contributed by atoms with E-state index < -0.39 is 5.91 Å². The molecule has 0 aliphatic carbocycles. The Morgan fingerprint density at radius 1 is 1.35 bits per heavy atom. The number of allylic oxidation sites excluding steroid dienone is 1. The van der Waals surface area contributed by atoms with Gasteiger partial charge >= 0.3 is 0 Å². The summed E-state index contributed by atoms with van der Waals surface area (Å²) in [7, 11) is 0. The Balaban J connectivity index is 2.14. The lowest BCUT2D eigenvalue weighted by Crippen LogP contribution is -2.21. The summed E-state index contributed by atoms with van der Waals surface area (Å²) < 4.78 is 1.85. The molecule has 0 saturated carbocycles. The van der Waals surface area contributed by atoms with Crippen LogP contribution in [0.5, 0.6) is 0 Å². The van der Waals surface area contributed by atoms with Crippen molar-refractivity contribution in [3.8, 4) is 0 Å². The first kappa shape index (κ1) is 19.4. The van der Waals surface area contributed by atoms with Gasteiger partial charge in [0, 0.05) is 18.9 Å². The number of primary amides is 1. The van der Waals surface area contributed by atoms with Crippen LogP contribution < -0.4 is 16.4 Å². The number of aromatic nitrogens is 4. The van der Waals surface area contributed by atoms with Gasteiger partial charge < -0.3 is 16.4 Å². The minimum Gasteiger partial charge on any atom is -0.369 e. The first-order valence-electron chi connectivity index (χ1n) is 8.54. The number of amides is 1. The maximum Gasteiger partial charge on any atom is 0.254 e. The van der Waals surface area contributed by atoms with E-state index >= 15 is 0 Å². The molecule has 0 fully saturated rings. The van der Waals surface area contributed by atoms with Crippen LogP contribution in [0.15, 0.2) is 30.7 Å². The van der Waals surface area contributed by atoms with Crippen LogP contribution in [0, 0.1) is 0 Å². The number of hydrogen-bond donors (Lipinski definition) is 3. The van der Waals surface area contributed by atoms with Crippen molar-refractivity contribution < 1.29 is 4.79 Å². The Labute approximate surface area is 153 Å². The zero-order valence-electron chi connectivity index (χ0n) is 15.8. The van der Waals surface area contributed by atoms with Gasteiger partial charge in [0.2, 0.25) is 5.95 Å². The molecule has 4 N–H and O–H groups in total. The van der Waals surface area contributed by atoms with Crippen molar-refractivity contribution in [1.82, 2.24) is 19.7 Å². The highest BCUT2D eigenvalue weighted by atomic mass is 16.1. The zero-order chi connectivity index (χ0) is 19.3. The molecule has 140 valence electrons. The van der Waals surface area contributed by atoms with Gasteiger partial charge in [0.1, 0.15) is 5.82 Å². The molecule has 26 heavy (non-hydrogen) atoms. The molecule has 0 unspecified atom stereocenters. The van der Waals surface area contributed by atoms with Crippen LogP contribution in [-0.2, 0) is 5.54 Å². The molecule has 1 amide bonds. The molecule has 8 heteroatoms. The summed E-state index contributed by atoms with van der Waals surface area (Å²) in [5, 5.41) is 10.6. The van der Waals surface area contributed by atoms with E-state index in [1.54, 1.807) is 6.20 Å². The highest BCUT2D eigenvalue weighted by Crippen LogP contribution is 2.20. The summed E-state index contributed by atoms with van der Waals surface area (Å²) >= 11 is 0. The molecule has 2 aromatic rings. The molecule has 0 radical (unpaired) electrons. The first-order chi connectivity index (χ1) is 12.2. The van der Waals surface area contributed by atoms with Crippen molar-refractivity contribution >= 4 is 23.4 Å². The van der Waals surface area contributed by atoms with Crippen LogP contribution in [-0.4, -0.2) is 32.2 Å². The molecule has 0 saturated heterocycles. The van der Waals surface area contributed by atoms with E-state index in [1.165, 1.54) is 6.20 Å². The average Bonchev–Trinajstić information content (AvgIpc) is 3.00. The van der Waals surface area contributed by atoms with Crippen molar-refractivity contribution in [2.45, 2.75) is 46.1 Å². The number of carbonyl (C=O) groups excluding carboxylic acids is 1. The normalized spacial score (nSPS) is 11.2. The standard InChI is InChI=1S/C18H27N7O/c1-12(2)7-6-8-20-16-14(15(19)26)10-21-17(24-16)23-13-9-22-25(11-13)18(3,4)5/h9-11H,1,6-8H2,2-5H3,(H2,19,26)(H2,20,21,23,24). The van der Waals surface area contributed by atoms with E-state index in [2.05, 4.69) is 53.1 Å². The lowest BCUT2D eigenvalue weighted by molar-refractivity contribution is 0.100. The summed E-state index contributed by atoms with van der Waals surface area (Å²) in [5.41, 5.74) is 7.43. The van der Waals surface area contributed by atoms with Crippen LogP contribution in [0.1, 0.15) is 50.9 Å². The van der Waals surface area contributed by atoms with Crippen LogP contribution in [0.3, 0.4) is 0 Å². The summed E-state index contributed by atoms with van der Waals surface area (Å²) in [6.07, 6.45) is 6.80. The number of rotatable bonds is 8. The molecular formula is C18H27N7O. The van der Waals surface area contributed by atoms with Gasteiger partial charge in [0.05, 0.1) is 23.0 Å². The van der Waals surface area contributed by atoms with Crippen molar-refractivity contribution in [3.63, 3.8) is 0 Å². The number of carbonyl (C=O) groups is 1. The lowest BCUT2D eigenvalue weighted by atomic mass is 10.1. The van der Waals surface area contributed by atoms with E-state index in [4.69, 9.17) is 5.73 Å². The highest BCUT2D eigenvalue weighted by molar-refractivity contribution is 5.97. The number of nitrogens with one attached hydrogen (secondary N) is 2. The van der Waals surface area contributed by atoms with Crippen LogP contribution in [0.2, 0.25) is 0 Å². The number of anilines is 3. The fourth-order valence-corrected chi connectivity index (χ4v) is 2.24. The fourth-order valence-electron chi connectivity index (χ4n) is 2.24. The summed E-state index contributed by atoms with van der Waals surface area (Å²) in [6.45, 7) is 12.7. The molecule has 0 aromatic carbocycles. The number of nitrogens with two attached hydrogens (primary N) is 1. The van der Waals surface area contributed by atoms with Gasteiger partial charge in [0.25, 0.3) is 5.91 Å². The molecule has 0 atom stereocenters. The Morgan fingerprint density at radius 3 is 2.65 bits per heavy atom. The Kier molecular flexibility index (Phi) is 5.97. The van der Waals surface area contributed by atoms with Crippen molar-refractivity contribution in [3.05, 3.63) is 36.3 Å². The molecule has 2 heterocycles. The molecular weight excluding hydrogens is 330 g/mol. The summed E-state index contributed by atoms with van der Waals surface area (Å²) in [5.74, 6) is 0.213. The minimum absolute atomic E-state index is 0.118. The van der Waals surface area contributed by atoms with Gasteiger partial charge in [-0.1, -0.05) is 5.57 Å². The number of nitrogens with zero attached hydrogens (tertiary/aromatic N) is 4. The summed E-state index contributed by atoms with van der Waals surface area (Å²) in [4.78, 5) is 20.2. The van der Waals surface area contributed by atoms with Gasteiger partial charge in [-0.25, -0.2) is 4.98 Å². The third kappa shape index (κ3) is 5.30. The SMILES string of the molecule is C=C(C)CCCNc1nc(Nc2cnn(C(C)(C)C)c2)ncc1C(N)=O. The quantitative estimate of drug-likeness (QED) is 0.495. The second kappa shape index (κ2) is 7.99. The average molecular weight is 357 g/mol. The van der Waals surface area contributed by atoms with Gasteiger partial charge in [-0.05, 0) is 40.5 Å². The molecule has 0 bridgehead atoms. The van der Waals surface area contributed by atoms with Gasteiger partial charge in [-0.3, -0.25) is 9.48 Å². The predicted molar refractivity (Wildman–Crippen MR) is 104 cm³/mol. The van der Waals surface area contributed by atoms with Crippen molar-refractivity contribution in [2.24, 2.45) is 5.73 Å². The molecule has 0 aliphatic heterocycles. The largest absolute Gasteiger partial charge is 0.369 e. The second-order valence-corrected chi connectivity index (χ2v) is 7.28. The van der Waals surface area contributed by atoms with Crippen LogP contribution in [0.25, 0.3) is 0 Å². The molecule has 8 nitrogen and oxygen atoms in total. The predicted octanol–water partition coefficient (Wildman–Crippen LogP) is 3.04. The Morgan fingerprint density at radius 2 is 2.08 bits per heavy atom. The third-order valence-corrected chi connectivity index (χ3v) is 3.65. The lowest BCUT2D eigenvalue weighted by Gasteiger charge is -2.18. The fraction of sp³-hybridized carbons (Fsp3) is 0.444. The van der Waals surface area contributed by atoms with Gasteiger partial charge in [-0.15, -0.1) is 6.58 Å². The van der Waals surface area contributed by atoms with Crippen LogP contribution >= 0.6 is 0 Å². The van der Waals surface area contributed by atoms with Gasteiger partial charge in [-0.2, -0.15) is 10.1 Å². The van der Waals surface area contributed by atoms with Gasteiger partial charge in [0.15, 0.2) is 0 Å². The summed E-state index contributed by atoms with van der Waals surface area (Å²) in [6, 6.07) is 0. The van der Waals surface area contributed by atoms with E-state index in [0.717, 1.165) is 24.1 Å². The first-order valence-corrected chi connectivity index (χ1v) is 8.54. The van der Waals surface area contributed by atoms with E-state index in [1.807, 2.05) is 17.8 Å². The number of hydrogen-bond acceptors (Lipinski definition) is 6. The molecule has 2 aromatic heterocycles. The third-order valence-electron chi connectivity index (χ3n) is 3.65. The van der Waals surface area contributed by atoms with E-state index in [-0.39, 0.29) is 11.1 Å². The smallest absolute Gasteiger partial charge is 0.254 e. The monoisotopic (exact) mass is 357 g/mol. The van der Waals surface area contributed by atoms with Crippen molar-refractivity contribution in [1.29, 1.82) is 0 Å². The van der Waals surface area contributed by atoms with E-state index in [0.29, 0.717) is 18.3 Å². The Hall–Kier alpha value is -2.90. The van der Waals surface area contributed by atoms with E-state index in [9.17, 15) is 4.79 Å². The molecule has 0 aliphatic rings. The topological polar surface area (TPSA) is 111 Å². The van der Waals surface area contributed by atoms with Crippen LogP contribution in [0.4, 0.5) is 17.5 Å².